The normalized spacial score (nSPS) is 11.2. The van der Waals surface area contributed by atoms with Gasteiger partial charge in [0.15, 0.2) is 0 Å². The second kappa shape index (κ2) is 6.00. The summed E-state index contributed by atoms with van der Waals surface area (Å²) in [4.78, 5) is 10.5. The van der Waals surface area contributed by atoms with Gasteiger partial charge in [-0.2, -0.15) is 5.10 Å². The highest BCUT2D eigenvalue weighted by atomic mass is 19.1. The van der Waals surface area contributed by atoms with E-state index in [0.717, 1.165) is 5.56 Å². The third kappa shape index (κ3) is 3.19. The zero-order chi connectivity index (χ0) is 13.7. The summed E-state index contributed by atoms with van der Waals surface area (Å²) >= 11 is 0. The number of hydrogen-bond donors (Lipinski definition) is 2. The number of aryl methyl sites for hydroxylation is 1. The van der Waals surface area contributed by atoms with Crippen LogP contribution in [0.5, 0.6) is 5.75 Å². The summed E-state index contributed by atoms with van der Waals surface area (Å²) in [5.41, 5.74) is 3.02. The number of carboxylic acid groups (broad SMARTS) is 1. The molecule has 1 rings (SSSR count). The fraction of sp³-hybridized carbons (Fsp3) is 0.333. The second-order valence-electron chi connectivity index (χ2n) is 3.61. The maximum absolute atomic E-state index is 13.7. The molecule has 2 N–H and O–H groups in total. The van der Waals surface area contributed by atoms with Crippen LogP contribution < -0.4 is 10.2 Å². The number of aliphatic carboxylic acids is 1. The molecule has 0 aliphatic heterocycles. The van der Waals surface area contributed by atoms with Crippen molar-refractivity contribution in [1.82, 2.24) is 0 Å². The zero-order valence-electron chi connectivity index (χ0n) is 10.5. The van der Waals surface area contributed by atoms with Crippen LogP contribution >= 0.6 is 0 Å². The standard InChI is InChI=1S/C12H15FN2O3/c1-4-8-5-9(13)10(6-11(8)18-3)15-14-7(2)12(16)17/h5-6,15H,4H2,1-3H3,(H,16,17)/b14-7+. The predicted molar refractivity (Wildman–Crippen MR) is 66.7 cm³/mol. The van der Waals surface area contributed by atoms with E-state index in [4.69, 9.17) is 9.84 Å². The van der Waals surface area contributed by atoms with Crippen molar-refractivity contribution in [3.63, 3.8) is 0 Å². The second-order valence-corrected chi connectivity index (χ2v) is 3.61. The van der Waals surface area contributed by atoms with Gasteiger partial charge in [0.1, 0.15) is 17.3 Å². The summed E-state index contributed by atoms with van der Waals surface area (Å²) in [6, 6.07) is 2.79. The summed E-state index contributed by atoms with van der Waals surface area (Å²) in [5, 5.41) is 12.2. The number of nitrogens with zero attached hydrogens (tertiary/aromatic N) is 1. The number of benzene rings is 1. The number of rotatable bonds is 5. The molecule has 5 nitrogen and oxygen atoms in total. The zero-order valence-corrected chi connectivity index (χ0v) is 10.5. The molecule has 0 saturated carbocycles. The van der Waals surface area contributed by atoms with Gasteiger partial charge in [0.25, 0.3) is 0 Å². The molecule has 0 aliphatic rings. The van der Waals surface area contributed by atoms with Gasteiger partial charge in [-0.25, -0.2) is 9.18 Å². The lowest BCUT2D eigenvalue weighted by Crippen LogP contribution is -2.10. The summed E-state index contributed by atoms with van der Waals surface area (Å²) in [6.07, 6.45) is 0.637. The van der Waals surface area contributed by atoms with E-state index >= 15 is 0 Å². The molecule has 98 valence electrons. The van der Waals surface area contributed by atoms with Crippen LogP contribution in [0, 0.1) is 5.82 Å². The largest absolute Gasteiger partial charge is 0.496 e. The molecule has 0 radical (unpaired) electrons. The van der Waals surface area contributed by atoms with Gasteiger partial charge in [0.2, 0.25) is 0 Å². The Hall–Kier alpha value is -2.11. The van der Waals surface area contributed by atoms with Crippen molar-refractivity contribution in [2.24, 2.45) is 5.10 Å². The third-order valence-electron chi connectivity index (χ3n) is 2.40. The van der Waals surface area contributed by atoms with E-state index in [9.17, 15) is 9.18 Å². The first-order valence-electron chi connectivity index (χ1n) is 5.39. The fourth-order valence-electron chi connectivity index (χ4n) is 1.34. The van der Waals surface area contributed by atoms with Gasteiger partial charge in [0, 0.05) is 6.07 Å². The number of hydrogen-bond acceptors (Lipinski definition) is 4. The molecule has 0 spiro atoms. The molecular formula is C12H15FN2O3. The Morgan fingerprint density at radius 1 is 1.56 bits per heavy atom. The third-order valence-corrected chi connectivity index (χ3v) is 2.40. The van der Waals surface area contributed by atoms with E-state index in [1.165, 1.54) is 26.2 Å². The first-order valence-corrected chi connectivity index (χ1v) is 5.39. The number of carboxylic acids is 1. The van der Waals surface area contributed by atoms with Gasteiger partial charge in [-0.3, -0.25) is 5.43 Å². The van der Waals surface area contributed by atoms with E-state index < -0.39 is 11.8 Å². The number of carbonyl (C=O) groups is 1. The number of anilines is 1. The van der Waals surface area contributed by atoms with Crippen LogP contribution in [0.3, 0.4) is 0 Å². The van der Waals surface area contributed by atoms with E-state index in [-0.39, 0.29) is 11.4 Å². The quantitative estimate of drug-likeness (QED) is 0.624. The van der Waals surface area contributed by atoms with Crippen molar-refractivity contribution in [3.05, 3.63) is 23.5 Å². The molecule has 0 amide bonds. The molecule has 0 atom stereocenters. The van der Waals surface area contributed by atoms with Crippen molar-refractivity contribution in [2.75, 3.05) is 12.5 Å². The Morgan fingerprint density at radius 2 is 2.22 bits per heavy atom. The molecule has 0 saturated heterocycles. The van der Waals surface area contributed by atoms with Crippen molar-refractivity contribution < 1.29 is 19.0 Å². The molecule has 0 fully saturated rings. The fourth-order valence-corrected chi connectivity index (χ4v) is 1.34. The minimum Gasteiger partial charge on any atom is -0.496 e. The van der Waals surface area contributed by atoms with Crippen LogP contribution in [0.2, 0.25) is 0 Å². The van der Waals surface area contributed by atoms with Crippen LogP contribution in [0.25, 0.3) is 0 Å². The van der Waals surface area contributed by atoms with E-state index in [1.807, 2.05) is 6.92 Å². The summed E-state index contributed by atoms with van der Waals surface area (Å²) in [7, 11) is 1.49. The minimum absolute atomic E-state index is 0.0737. The maximum Gasteiger partial charge on any atom is 0.351 e. The predicted octanol–water partition coefficient (Wildman–Crippen LogP) is 2.27. The lowest BCUT2D eigenvalue weighted by Gasteiger charge is -2.10. The van der Waals surface area contributed by atoms with Gasteiger partial charge >= 0.3 is 5.97 Å². The molecule has 1 aromatic rings. The summed E-state index contributed by atoms with van der Waals surface area (Å²) in [5.74, 6) is -1.14. The monoisotopic (exact) mass is 254 g/mol. The lowest BCUT2D eigenvalue weighted by molar-refractivity contribution is -0.129. The molecule has 1 aromatic carbocycles. The lowest BCUT2D eigenvalue weighted by atomic mass is 10.1. The van der Waals surface area contributed by atoms with Crippen LogP contribution in [-0.2, 0) is 11.2 Å². The Balaban J connectivity index is 3.03. The first-order chi connectivity index (χ1) is 8.49. The van der Waals surface area contributed by atoms with Crippen LogP contribution in [0.4, 0.5) is 10.1 Å². The van der Waals surface area contributed by atoms with Crippen LogP contribution in [0.15, 0.2) is 17.2 Å². The summed E-state index contributed by atoms with van der Waals surface area (Å²) in [6.45, 7) is 3.20. The van der Waals surface area contributed by atoms with E-state index in [2.05, 4.69) is 10.5 Å². The van der Waals surface area contributed by atoms with Crippen LogP contribution in [-0.4, -0.2) is 23.9 Å². The number of hydrazone groups is 1. The SMILES string of the molecule is CCc1cc(F)c(N/N=C(\C)C(=O)O)cc1OC. The highest BCUT2D eigenvalue weighted by Gasteiger charge is 2.09. The molecule has 6 heteroatoms. The highest BCUT2D eigenvalue weighted by Crippen LogP contribution is 2.26. The van der Waals surface area contributed by atoms with Gasteiger partial charge in [-0.15, -0.1) is 0 Å². The average molecular weight is 254 g/mol. The van der Waals surface area contributed by atoms with Crippen molar-refractivity contribution in [2.45, 2.75) is 20.3 Å². The van der Waals surface area contributed by atoms with Crippen molar-refractivity contribution >= 4 is 17.4 Å². The Labute approximate surface area is 104 Å². The first kappa shape index (κ1) is 14.0. The minimum atomic E-state index is -1.17. The highest BCUT2D eigenvalue weighted by molar-refractivity contribution is 6.34. The number of halogens is 1. The van der Waals surface area contributed by atoms with Crippen molar-refractivity contribution in [3.8, 4) is 5.75 Å². The Bertz CT molecular complexity index is 486. The maximum atomic E-state index is 13.7. The van der Waals surface area contributed by atoms with Crippen LogP contribution in [0.1, 0.15) is 19.4 Å². The molecule has 0 aliphatic carbocycles. The Morgan fingerprint density at radius 3 is 2.72 bits per heavy atom. The number of methoxy groups -OCH3 is 1. The van der Waals surface area contributed by atoms with Gasteiger partial charge in [-0.05, 0) is 25.0 Å². The smallest absolute Gasteiger partial charge is 0.351 e. The molecule has 0 aromatic heterocycles. The van der Waals surface area contributed by atoms with E-state index in [0.29, 0.717) is 12.2 Å². The number of nitrogens with one attached hydrogen (secondary N) is 1. The molecule has 0 heterocycles. The summed E-state index contributed by atoms with van der Waals surface area (Å²) < 4.78 is 18.8. The number of ether oxygens (including phenoxy) is 1. The van der Waals surface area contributed by atoms with Gasteiger partial charge < -0.3 is 9.84 Å². The van der Waals surface area contributed by atoms with E-state index in [1.54, 1.807) is 0 Å². The molecule has 18 heavy (non-hydrogen) atoms. The Kier molecular flexibility index (Phi) is 4.65. The molecular weight excluding hydrogens is 239 g/mol. The van der Waals surface area contributed by atoms with Gasteiger partial charge in [0.05, 0.1) is 12.8 Å². The van der Waals surface area contributed by atoms with Gasteiger partial charge in [-0.1, -0.05) is 6.92 Å². The average Bonchev–Trinajstić information content (AvgIpc) is 2.36. The molecule has 0 bridgehead atoms. The topological polar surface area (TPSA) is 70.9 Å². The molecule has 0 unspecified atom stereocenters. The van der Waals surface area contributed by atoms with Crippen molar-refractivity contribution in [1.29, 1.82) is 0 Å².